The summed E-state index contributed by atoms with van der Waals surface area (Å²) in [5.74, 6) is 0. The number of hydrogen-bond donors (Lipinski definition) is 0. The zero-order valence-corrected chi connectivity index (χ0v) is 7.37. The molecule has 0 radical (unpaired) electrons. The summed E-state index contributed by atoms with van der Waals surface area (Å²) in [6.45, 7) is 4.28. The van der Waals surface area contributed by atoms with Crippen molar-refractivity contribution in [3.8, 4) is 0 Å². The Hall–Kier alpha value is -0.425. The van der Waals surface area contributed by atoms with E-state index in [1.54, 1.807) is 0 Å². The third-order valence-electron chi connectivity index (χ3n) is 1.90. The van der Waals surface area contributed by atoms with E-state index in [9.17, 15) is 0 Å². The van der Waals surface area contributed by atoms with Crippen molar-refractivity contribution in [1.29, 1.82) is 0 Å². The Labute approximate surface area is 67.5 Å². The lowest BCUT2D eigenvalue weighted by Gasteiger charge is -2.03. The topological polar surface area (TPSA) is 0 Å². The van der Waals surface area contributed by atoms with Gasteiger partial charge in [-0.05, 0) is 19.8 Å². The van der Waals surface area contributed by atoms with Crippen molar-refractivity contribution in [3.05, 3.63) is 28.8 Å². The average molecular weight is 153 g/mol. The fraction of sp³-hybridized carbons (Fsp3) is 0.250. The summed E-state index contributed by atoms with van der Waals surface area (Å²) < 4.78 is 0. The standard InChI is InChI=1S/C8H11BCl/c1-6-3-4-7(9-2)5-8(6)10/h3-5H,9H2,1-2H3/q-1. The molecule has 0 spiro atoms. The highest BCUT2D eigenvalue weighted by Crippen LogP contribution is 2.11. The summed E-state index contributed by atoms with van der Waals surface area (Å²) in [5, 5.41) is 0.906. The highest BCUT2D eigenvalue weighted by atomic mass is 35.5. The lowest BCUT2D eigenvalue weighted by atomic mass is 9.73. The Morgan fingerprint density at radius 2 is 2.10 bits per heavy atom. The average Bonchev–Trinajstić information content (AvgIpc) is 1.95. The van der Waals surface area contributed by atoms with Gasteiger partial charge < -0.3 is 0 Å². The number of halogens is 1. The highest BCUT2D eigenvalue weighted by molar-refractivity contribution is 6.52. The van der Waals surface area contributed by atoms with Gasteiger partial charge in [0.2, 0.25) is 0 Å². The van der Waals surface area contributed by atoms with Crippen molar-refractivity contribution in [2.45, 2.75) is 13.7 Å². The Balaban J connectivity index is 3.04. The summed E-state index contributed by atoms with van der Waals surface area (Å²) >= 11 is 5.91. The zero-order valence-electron chi connectivity index (χ0n) is 6.61. The first-order valence-electron chi connectivity index (χ1n) is 3.93. The molecule has 1 aromatic carbocycles. The van der Waals surface area contributed by atoms with E-state index < -0.39 is 0 Å². The molecule has 0 saturated carbocycles. The van der Waals surface area contributed by atoms with Crippen LogP contribution in [0.25, 0.3) is 0 Å². The molecule has 0 nitrogen and oxygen atoms in total. The van der Waals surface area contributed by atoms with Crippen LogP contribution in [0, 0.1) is 6.92 Å². The second-order valence-electron chi connectivity index (χ2n) is 2.75. The third kappa shape index (κ3) is 1.54. The van der Waals surface area contributed by atoms with Crippen molar-refractivity contribution in [3.63, 3.8) is 0 Å². The van der Waals surface area contributed by atoms with Crippen LogP contribution in [0.3, 0.4) is 0 Å². The number of hydrogen-bond acceptors (Lipinski definition) is 0. The lowest BCUT2D eigenvalue weighted by molar-refractivity contribution is 1.49. The monoisotopic (exact) mass is 153 g/mol. The van der Waals surface area contributed by atoms with Crippen molar-refractivity contribution in [2.75, 3.05) is 0 Å². The molecule has 0 aliphatic carbocycles. The lowest BCUT2D eigenvalue weighted by Crippen LogP contribution is -2.09. The van der Waals surface area contributed by atoms with E-state index >= 15 is 0 Å². The smallest absolute Gasteiger partial charge is 0.0403 e. The van der Waals surface area contributed by atoms with E-state index in [0.29, 0.717) is 0 Å². The molecular weight excluding hydrogens is 142 g/mol. The molecule has 2 heteroatoms. The van der Waals surface area contributed by atoms with Crippen LogP contribution in [0.5, 0.6) is 0 Å². The summed E-state index contributed by atoms with van der Waals surface area (Å²) in [5.41, 5.74) is 2.60. The molecule has 0 atom stereocenters. The molecule has 1 aromatic rings. The van der Waals surface area contributed by atoms with Crippen molar-refractivity contribution in [2.24, 2.45) is 0 Å². The largest absolute Gasteiger partial charge is 0.216 e. The molecule has 0 unspecified atom stereocenters. The van der Waals surface area contributed by atoms with Gasteiger partial charge in [-0.3, -0.25) is 0 Å². The van der Waals surface area contributed by atoms with E-state index in [0.717, 1.165) is 5.02 Å². The molecule has 0 fully saturated rings. The van der Waals surface area contributed by atoms with Gasteiger partial charge in [0.1, 0.15) is 0 Å². The molecule has 0 aromatic heterocycles. The maximum Gasteiger partial charge on any atom is 0.0403 e. The minimum absolute atomic E-state index is 0.0781. The van der Waals surface area contributed by atoms with Crippen molar-refractivity contribution >= 4 is 24.3 Å². The van der Waals surface area contributed by atoms with E-state index in [-0.39, 0.29) is 7.28 Å². The zero-order chi connectivity index (χ0) is 7.56. The fourth-order valence-corrected chi connectivity index (χ4v) is 1.24. The predicted octanol–water partition coefficient (Wildman–Crippen LogP) is 1.49. The van der Waals surface area contributed by atoms with E-state index in [1.807, 2.05) is 6.92 Å². The SMILES string of the molecule is C[BH2-]c1ccc(C)c(Cl)c1. The van der Waals surface area contributed by atoms with Gasteiger partial charge in [0.15, 0.2) is 0 Å². The first-order chi connectivity index (χ1) is 4.74. The van der Waals surface area contributed by atoms with Gasteiger partial charge in [-0.15, -0.1) is 0 Å². The van der Waals surface area contributed by atoms with E-state index in [2.05, 4.69) is 25.0 Å². The minimum Gasteiger partial charge on any atom is -0.216 e. The minimum atomic E-state index is 0.0781. The van der Waals surface area contributed by atoms with E-state index in [4.69, 9.17) is 11.6 Å². The summed E-state index contributed by atoms with van der Waals surface area (Å²) in [7, 11) is 0.0781. The second-order valence-corrected chi connectivity index (χ2v) is 3.16. The van der Waals surface area contributed by atoms with Crippen LogP contribution >= 0.6 is 11.6 Å². The van der Waals surface area contributed by atoms with Crippen LogP contribution in [0.15, 0.2) is 18.2 Å². The molecular formula is C8H11BCl-. The second kappa shape index (κ2) is 3.11. The Morgan fingerprint density at radius 3 is 2.60 bits per heavy atom. The van der Waals surface area contributed by atoms with Crippen LogP contribution < -0.4 is 5.46 Å². The predicted molar refractivity (Wildman–Crippen MR) is 50.2 cm³/mol. The molecule has 0 aliphatic heterocycles. The van der Waals surface area contributed by atoms with Gasteiger partial charge in [0, 0.05) is 5.02 Å². The first kappa shape index (κ1) is 7.68. The summed E-state index contributed by atoms with van der Waals surface area (Å²) in [6.07, 6.45) is 0. The van der Waals surface area contributed by atoms with Gasteiger partial charge >= 0.3 is 0 Å². The third-order valence-corrected chi connectivity index (χ3v) is 2.31. The van der Waals surface area contributed by atoms with E-state index in [1.165, 1.54) is 11.0 Å². The maximum atomic E-state index is 5.91. The van der Waals surface area contributed by atoms with Crippen molar-refractivity contribution < 1.29 is 0 Å². The van der Waals surface area contributed by atoms with Crippen LogP contribution in [0.2, 0.25) is 11.8 Å². The maximum absolute atomic E-state index is 5.91. The molecule has 54 valence electrons. The van der Waals surface area contributed by atoms with Crippen LogP contribution in [0.1, 0.15) is 5.56 Å². The number of aryl methyl sites for hydroxylation is 1. The normalized spacial score (nSPS) is 9.90. The number of rotatable bonds is 1. The molecule has 0 N–H and O–H groups in total. The molecule has 10 heavy (non-hydrogen) atoms. The molecule has 0 saturated heterocycles. The molecule has 0 aliphatic rings. The summed E-state index contributed by atoms with van der Waals surface area (Å²) in [4.78, 5) is 0. The van der Waals surface area contributed by atoms with Gasteiger partial charge in [0.05, 0.1) is 0 Å². The molecule has 0 bridgehead atoms. The number of benzene rings is 1. The quantitative estimate of drug-likeness (QED) is 0.536. The van der Waals surface area contributed by atoms with Crippen LogP contribution in [-0.2, 0) is 0 Å². The van der Waals surface area contributed by atoms with Gasteiger partial charge in [-0.1, -0.05) is 29.8 Å². The molecule has 1 rings (SSSR count). The van der Waals surface area contributed by atoms with Crippen LogP contribution in [0.4, 0.5) is 0 Å². The molecule has 0 heterocycles. The van der Waals surface area contributed by atoms with Crippen LogP contribution in [-0.4, -0.2) is 7.28 Å². The molecule has 0 amide bonds. The Kier molecular flexibility index (Phi) is 2.39. The van der Waals surface area contributed by atoms with Gasteiger partial charge in [-0.25, -0.2) is 5.46 Å². The van der Waals surface area contributed by atoms with Gasteiger partial charge in [-0.2, -0.15) is 6.82 Å². The van der Waals surface area contributed by atoms with Crippen molar-refractivity contribution in [1.82, 2.24) is 0 Å². The summed E-state index contributed by atoms with van der Waals surface area (Å²) in [6, 6.07) is 6.34. The Morgan fingerprint density at radius 1 is 1.40 bits per heavy atom. The first-order valence-corrected chi connectivity index (χ1v) is 4.30. The Bertz CT molecular complexity index is 233. The fourth-order valence-electron chi connectivity index (χ4n) is 1.01. The van der Waals surface area contributed by atoms with Gasteiger partial charge in [0.25, 0.3) is 0 Å². The highest BCUT2D eigenvalue weighted by Gasteiger charge is 1.90.